The Morgan fingerprint density at radius 1 is 1.25 bits per heavy atom. The van der Waals surface area contributed by atoms with Gasteiger partial charge in [0.05, 0.1) is 10.0 Å². The molecule has 28 heavy (non-hydrogen) atoms. The van der Waals surface area contributed by atoms with Gasteiger partial charge in [-0.3, -0.25) is 0 Å². The number of likely N-dealkylation sites (tertiary alicyclic amines) is 1. The second-order valence-electron chi connectivity index (χ2n) is 7.93. The summed E-state index contributed by atoms with van der Waals surface area (Å²) in [6, 6.07) is 4.24. The minimum absolute atomic E-state index is 0.179. The zero-order valence-electron chi connectivity index (χ0n) is 16.4. The molecule has 1 aromatic carbocycles. The second kappa shape index (κ2) is 8.05. The van der Waals surface area contributed by atoms with E-state index < -0.39 is 0 Å². The van der Waals surface area contributed by atoms with Crippen LogP contribution in [0.2, 0.25) is 10.0 Å². The predicted molar refractivity (Wildman–Crippen MR) is 113 cm³/mol. The van der Waals surface area contributed by atoms with Crippen LogP contribution in [0.4, 0.5) is 0 Å². The van der Waals surface area contributed by atoms with Gasteiger partial charge in [-0.2, -0.15) is 0 Å². The molecule has 1 unspecified atom stereocenters. The molecule has 0 saturated carbocycles. The number of ether oxygens (including phenoxy) is 1. The van der Waals surface area contributed by atoms with E-state index in [1.165, 1.54) is 0 Å². The van der Waals surface area contributed by atoms with Crippen molar-refractivity contribution in [3.8, 4) is 5.75 Å². The fraction of sp³-hybridized carbons (Fsp3) is 0.524. The molecule has 0 bridgehead atoms. The standard InChI is InChI=1S/C21H26Cl2N4O/c1-4-9-28-17-6-5-16(22)20(23)19(17)15-10-18-24-25-21(27(18)12-15)14-7-8-26(11-14)13(2)3/h4-6,13-15H,1,7-12H2,2-3H3/t14-,15?/m1/s1. The summed E-state index contributed by atoms with van der Waals surface area (Å²) in [7, 11) is 0. The number of rotatable bonds is 6. The van der Waals surface area contributed by atoms with Gasteiger partial charge >= 0.3 is 0 Å². The minimum Gasteiger partial charge on any atom is -0.489 e. The molecule has 150 valence electrons. The molecule has 0 N–H and O–H groups in total. The quantitative estimate of drug-likeness (QED) is 0.635. The van der Waals surface area contributed by atoms with Crippen molar-refractivity contribution in [3.63, 3.8) is 0 Å². The van der Waals surface area contributed by atoms with E-state index in [1.807, 2.05) is 6.07 Å². The van der Waals surface area contributed by atoms with Gasteiger partial charge in [-0.15, -0.1) is 10.2 Å². The SMILES string of the molecule is C=CCOc1ccc(Cl)c(Cl)c1C1Cc2nnc([C@@H]3CCN(C(C)C)C3)n2C1. The molecule has 0 aliphatic carbocycles. The Bertz CT molecular complexity index is 880. The smallest absolute Gasteiger partial charge is 0.137 e. The Kier molecular flexibility index (Phi) is 5.68. The van der Waals surface area contributed by atoms with E-state index in [4.69, 9.17) is 27.9 Å². The molecule has 0 radical (unpaired) electrons. The van der Waals surface area contributed by atoms with Gasteiger partial charge in [0.2, 0.25) is 0 Å². The molecule has 0 amide bonds. The molecule has 2 aliphatic heterocycles. The molecule has 3 heterocycles. The third kappa shape index (κ3) is 3.56. The lowest BCUT2D eigenvalue weighted by molar-refractivity contribution is 0.271. The van der Waals surface area contributed by atoms with Crippen LogP contribution in [0, 0.1) is 0 Å². The van der Waals surface area contributed by atoms with E-state index in [0.717, 1.165) is 55.4 Å². The number of aromatic nitrogens is 3. The number of hydrogen-bond acceptors (Lipinski definition) is 4. The second-order valence-corrected chi connectivity index (χ2v) is 8.72. The fourth-order valence-corrected chi connectivity index (χ4v) is 4.85. The molecule has 2 atom stereocenters. The van der Waals surface area contributed by atoms with E-state index in [0.29, 0.717) is 28.6 Å². The van der Waals surface area contributed by atoms with Crippen LogP contribution >= 0.6 is 23.2 Å². The fourth-order valence-electron chi connectivity index (χ4n) is 4.37. The van der Waals surface area contributed by atoms with Gasteiger partial charge in [0.25, 0.3) is 0 Å². The molecule has 2 aromatic rings. The first-order chi connectivity index (χ1) is 13.5. The molecule has 1 aromatic heterocycles. The lowest BCUT2D eigenvalue weighted by atomic mass is 9.96. The highest BCUT2D eigenvalue weighted by Gasteiger charge is 2.35. The summed E-state index contributed by atoms with van der Waals surface area (Å²) in [5.41, 5.74) is 0.961. The Morgan fingerprint density at radius 2 is 2.07 bits per heavy atom. The van der Waals surface area contributed by atoms with Gasteiger partial charge in [-0.1, -0.05) is 35.9 Å². The summed E-state index contributed by atoms with van der Waals surface area (Å²) < 4.78 is 8.15. The van der Waals surface area contributed by atoms with Crippen LogP contribution < -0.4 is 4.74 Å². The van der Waals surface area contributed by atoms with Crippen LogP contribution in [0.5, 0.6) is 5.75 Å². The van der Waals surface area contributed by atoms with Crippen LogP contribution in [0.15, 0.2) is 24.8 Å². The van der Waals surface area contributed by atoms with Gasteiger partial charge < -0.3 is 14.2 Å². The molecular weight excluding hydrogens is 395 g/mol. The molecule has 7 heteroatoms. The van der Waals surface area contributed by atoms with Crippen molar-refractivity contribution >= 4 is 23.2 Å². The highest BCUT2D eigenvalue weighted by atomic mass is 35.5. The van der Waals surface area contributed by atoms with E-state index in [-0.39, 0.29) is 5.92 Å². The maximum absolute atomic E-state index is 6.60. The summed E-state index contributed by atoms with van der Waals surface area (Å²) in [5, 5.41) is 10.1. The van der Waals surface area contributed by atoms with Crippen LogP contribution in [-0.2, 0) is 13.0 Å². The van der Waals surface area contributed by atoms with Gasteiger partial charge in [0.15, 0.2) is 0 Å². The molecule has 4 rings (SSSR count). The number of fused-ring (bicyclic) bond motifs is 1. The molecule has 1 saturated heterocycles. The lowest BCUT2D eigenvalue weighted by Crippen LogP contribution is -2.28. The highest BCUT2D eigenvalue weighted by Crippen LogP contribution is 2.43. The Hall–Kier alpha value is -1.56. The molecule has 1 fully saturated rings. The summed E-state index contributed by atoms with van der Waals surface area (Å²) in [6.45, 7) is 11.6. The van der Waals surface area contributed by atoms with E-state index in [2.05, 4.69) is 40.1 Å². The van der Waals surface area contributed by atoms with Gasteiger partial charge in [-0.25, -0.2) is 0 Å². The number of nitrogens with zero attached hydrogens (tertiary/aromatic N) is 4. The van der Waals surface area contributed by atoms with Crippen molar-refractivity contribution in [2.45, 2.75) is 51.1 Å². The van der Waals surface area contributed by atoms with Gasteiger partial charge in [-0.05, 0) is 38.9 Å². The molecule has 0 spiro atoms. The number of hydrogen-bond donors (Lipinski definition) is 0. The van der Waals surface area contributed by atoms with Crippen molar-refractivity contribution in [2.24, 2.45) is 0 Å². The number of halogens is 2. The maximum Gasteiger partial charge on any atom is 0.137 e. The van der Waals surface area contributed by atoms with Crippen LogP contribution in [0.1, 0.15) is 49.3 Å². The molecular formula is C21H26Cl2N4O. The summed E-state index contributed by atoms with van der Waals surface area (Å²) in [4.78, 5) is 2.51. The van der Waals surface area contributed by atoms with Crippen molar-refractivity contribution in [1.82, 2.24) is 19.7 Å². The van der Waals surface area contributed by atoms with E-state index in [1.54, 1.807) is 12.1 Å². The summed E-state index contributed by atoms with van der Waals surface area (Å²) in [6.07, 6.45) is 3.65. The third-order valence-corrected chi connectivity index (χ3v) is 6.68. The van der Waals surface area contributed by atoms with E-state index >= 15 is 0 Å². The summed E-state index contributed by atoms with van der Waals surface area (Å²) in [5.74, 6) is 3.51. The van der Waals surface area contributed by atoms with Gasteiger partial charge in [0, 0.05) is 43.0 Å². The van der Waals surface area contributed by atoms with Crippen molar-refractivity contribution in [2.75, 3.05) is 19.7 Å². The van der Waals surface area contributed by atoms with Crippen LogP contribution in [0.25, 0.3) is 0 Å². The highest BCUT2D eigenvalue weighted by molar-refractivity contribution is 6.42. The van der Waals surface area contributed by atoms with Crippen molar-refractivity contribution in [3.05, 3.63) is 52.0 Å². The van der Waals surface area contributed by atoms with Crippen molar-refractivity contribution in [1.29, 1.82) is 0 Å². The monoisotopic (exact) mass is 420 g/mol. The van der Waals surface area contributed by atoms with Crippen LogP contribution in [0.3, 0.4) is 0 Å². The topological polar surface area (TPSA) is 43.2 Å². The van der Waals surface area contributed by atoms with Gasteiger partial charge in [0.1, 0.15) is 24.0 Å². The average Bonchev–Trinajstić information content (AvgIpc) is 3.37. The Morgan fingerprint density at radius 3 is 2.79 bits per heavy atom. The Labute approximate surface area is 176 Å². The normalized spacial score (nSPS) is 22.0. The maximum atomic E-state index is 6.60. The number of benzene rings is 1. The first-order valence-electron chi connectivity index (χ1n) is 9.87. The summed E-state index contributed by atoms with van der Waals surface area (Å²) >= 11 is 12.9. The first-order valence-corrected chi connectivity index (χ1v) is 10.6. The molecule has 2 aliphatic rings. The predicted octanol–water partition coefficient (Wildman–Crippen LogP) is 4.69. The zero-order valence-corrected chi connectivity index (χ0v) is 17.9. The minimum atomic E-state index is 0.179. The first kappa shape index (κ1) is 19.7. The zero-order chi connectivity index (χ0) is 19.8. The van der Waals surface area contributed by atoms with Crippen LogP contribution in [-0.4, -0.2) is 45.4 Å². The van der Waals surface area contributed by atoms with Crippen molar-refractivity contribution < 1.29 is 4.74 Å². The lowest BCUT2D eigenvalue weighted by Gasteiger charge is -2.20. The third-order valence-electron chi connectivity index (χ3n) is 5.86. The average molecular weight is 421 g/mol. The van der Waals surface area contributed by atoms with E-state index in [9.17, 15) is 0 Å². The Balaban J connectivity index is 1.59. The molecule has 5 nitrogen and oxygen atoms in total. The largest absolute Gasteiger partial charge is 0.489 e.